The maximum atomic E-state index is 4.71. The first-order valence-corrected chi connectivity index (χ1v) is 8.48. The van der Waals surface area contributed by atoms with E-state index in [-0.39, 0.29) is 5.41 Å². The molecule has 4 heteroatoms. The van der Waals surface area contributed by atoms with Gasteiger partial charge in [0.2, 0.25) is 0 Å². The molecule has 0 aliphatic carbocycles. The highest BCUT2D eigenvalue weighted by Gasteiger charge is 2.17. The van der Waals surface area contributed by atoms with Crippen LogP contribution in [0.25, 0.3) is 5.69 Å². The van der Waals surface area contributed by atoms with Gasteiger partial charge in [-0.25, -0.2) is 4.68 Å². The van der Waals surface area contributed by atoms with Gasteiger partial charge < -0.3 is 4.90 Å². The first-order chi connectivity index (χ1) is 10.9. The van der Waals surface area contributed by atoms with E-state index in [1.54, 1.807) is 0 Å². The highest BCUT2D eigenvalue weighted by molar-refractivity contribution is 5.34. The predicted octanol–water partition coefficient (Wildman–Crippen LogP) is 2.92. The number of aromatic nitrogens is 2. The zero-order valence-corrected chi connectivity index (χ0v) is 14.8. The first kappa shape index (κ1) is 16.2. The van der Waals surface area contributed by atoms with Crippen molar-refractivity contribution in [1.29, 1.82) is 0 Å². The van der Waals surface area contributed by atoms with Crippen LogP contribution in [0.15, 0.2) is 36.5 Å². The lowest BCUT2D eigenvalue weighted by Gasteiger charge is -2.32. The Bertz CT molecular complexity index is 628. The van der Waals surface area contributed by atoms with Crippen molar-refractivity contribution in [1.82, 2.24) is 19.6 Å². The van der Waals surface area contributed by atoms with Gasteiger partial charge in [-0.3, -0.25) is 4.90 Å². The third kappa shape index (κ3) is 4.01. The molecule has 0 spiro atoms. The van der Waals surface area contributed by atoms with Crippen LogP contribution in [0.3, 0.4) is 0 Å². The van der Waals surface area contributed by atoms with Crippen LogP contribution in [0.5, 0.6) is 0 Å². The van der Waals surface area contributed by atoms with E-state index in [1.807, 2.05) is 4.68 Å². The summed E-state index contributed by atoms with van der Waals surface area (Å²) in [5.74, 6) is 0. The van der Waals surface area contributed by atoms with Crippen LogP contribution in [0.1, 0.15) is 32.0 Å². The van der Waals surface area contributed by atoms with E-state index in [1.165, 1.54) is 18.7 Å². The number of piperazine rings is 1. The van der Waals surface area contributed by atoms with Gasteiger partial charge in [0.05, 0.1) is 11.4 Å². The van der Waals surface area contributed by atoms with Crippen LogP contribution < -0.4 is 0 Å². The van der Waals surface area contributed by atoms with E-state index in [0.29, 0.717) is 0 Å². The summed E-state index contributed by atoms with van der Waals surface area (Å²) in [6, 6.07) is 10.9. The van der Waals surface area contributed by atoms with Crippen molar-refractivity contribution in [2.45, 2.75) is 32.7 Å². The molecule has 1 aromatic heterocycles. The molecule has 1 aliphatic heterocycles. The van der Waals surface area contributed by atoms with Crippen molar-refractivity contribution in [2.24, 2.45) is 0 Å². The lowest BCUT2D eigenvalue weighted by Crippen LogP contribution is -2.43. The molecule has 0 amide bonds. The standard InChI is InChI=1S/C19H28N4/c1-19(2,3)18-9-10-23(20-18)17-7-5-16(6-8-17)15-22-13-11-21(4)12-14-22/h5-10H,11-15H2,1-4H3. The van der Waals surface area contributed by atoms with Crippen LogP contribution >= 0.6 is 0 Å². The molecule has 0 atom stereocenters. The Labute approximate surface area is 139 Å². The molecular formula is C19H28N4. The third-order valence-corrected chi connectivity index (χ3v) is 4.56. The number of nitrogens with zero attached hydrogens (tertiary/aromatic N) is 4. The summed E-state index contributed by atoms with van der Waals surface area (Å²) in [4.78, 5) is 4.92. The second-order valence-corrected chi connectivity index (χ2v) is 7.64. The molecule has 3 rings (SSSR count). The van der Waals surface area contributed by atoms with Gasteiger partial charge in [0.1, 0.15) is 0 Å². The van der Waals surface area contributed by atoms with Crippen LogP contribution in [-0.4, -0.2) is 52.8 Å². The molecule has 1 saturated heterocycles. The summed E-state index contributed by atoms with van der Waals surface area (Å²) in [6.07, 6.45) is 2.05. The van der Waals surface area contributed by atoms with E-state index >= 15 is 0 Å². The zero-order chi connectivity index (χ0) is 16.4. The van der Waals surface area contributed by atoms with E-state index in [4.69, 9.17) is 5.10 Å². The Balaban J connectivity index is 1.66. The van der Waals surface area contributed by atoms with Crippen molar-refractivity contribution >= 4 is 0 Å². The maximum Gasteiger partial charge on any atom is 0.0682 e. The molecule has 0 N–H and O–H groups in total. The molecule has 124 valence electrons. The summed E-state index contributed by atoms with van der Waals surface area (Å²) in [5.41, 5.74) is 3.72. The minimum atomic E-state index is 0.0899. The Hall–Kier alpha value is -1.65. The van der Waals surface area contributed by atoms with Crippen molar-refractivity contribution in [3.8, 4) is 5.69 Å². The summed E-state index contributed by atoms with van der Waals surface area (Å²) < 4.78 is 1.97. The number of hydrogen-bond donors (Lipinski definition) is 0. The molecule has 23 heavy (non-hydrogen) atoms. The fourth-order valence-corrected chi connectivity index (χ4v) is 2.89. The summed E-state index contributed by atoms with van der Waals surface area (Å²) in [6.45, 7) is 12.3. The second kappa shape index (κ2) is 6.46. The predicted molar refractivity (Wildman–Crippen MR) is 95.0 cm³/mol. The van der Waals surface area contributed by atoms with Crippen LogP contribution in [0.2, 0.25) is 0 Å². The van der Waals surface area contributed by atoms with E-state index in [2.05, 4.69) is 74.1 Å². The fourth-order valence-electron chi connectivity index (χ4n) is 2.89. The van der Waals surface area contributed by atoms with Crippen molar-refractivity contribution in [3.63, 3.8) is 0 Å². The molecule has 1 fully saturated rings. The molecule has 1 aliphatic rings. The summed E-state index contributed by atoms with van der Waals surface area (Å²) in [5, 5.41) is 4.71. The Morgan fingerprint density at radius 3 is 2.17 bits per heavy atom. The van der Waals surface area contributed by atoms with Gasteiger partial charge in [-0.2, -0.15) is 5.10 Å². The normalized spacial score (nSPS) is 17.6. The molecule has 2 aromatic rings. The number of rotatable bonds is 3. The average molecular weight is 312 g/mol. The minimum Gasteiger partial charge on any atom is -0.304 e. The molecule has 0 bridgehead atoms. The smallest absolute Gasteiger partial charge is 0.0682 e. The van der Waals surface area contributed by atoms with Crippen molar-refractivity contribution in [2.75, 3.05) is 33.2 Å². The Morgan fingerprint density at radius 2 is 1.61 bits per heavy atom. The first-order valence-electron chi connectivity index (χ1n) is 8.48. The van der Waals surface area contributed by atoms with Gasteiger partial charge in [-0.15, -0.1) is 0 Å². The fraction of sp³-hybridized carbons (Fsp3) is 0.526. The van der Waals surface area contributed by atoms with Gasteiger partial charge in [-0.1, -0.05) is 32.9 Å². The van der Waals surface area contributed by atoms with Gasteiger partial charge in [0.15, 0.2) is 0 Å². The highest BCUT2D eigenvalue weighted by Crippen LogP contribution is 2.21. The van der Waals surface area contributed by atoms with Crippen LogP contribution in [0.4, 0.5) is 0 Å². The maximum absolute atomic E-state index is 4.71. The number of benzene rings is 1. The van der Waals surface area contributed by atoms with Gasteiger partial charge in [0.25, 0.3) is 0 Å². The molecular weight excluding hydrogens is 284 g/mol. The topological polar surface area (TPSA) is 24.3 Å². The minimum absolute atomic E-state index is 0.0899. The van der Waals surface area contributed by atoms with Crippen LogP contribution in [0, 0.1) is 0 Å². The number of hydrogen-bond acceptors (Lipinski definition) is 3. The average Bonchev–Trinajstić information content (AvgIpc) is 3.00. The zero-order valence-electron chi connectivity index (χ0n) is 14.8. The second-order valence-electron chi connectivity index (χ2n) is 7.64. The van der Waals surface area contributed by atoms with Crippen molar-refractivity contribution < 1.29 is 0 Å². The molecule has 0 radical (unpaired) electrons. The van der Waals surface area contributed by atoms with E-state index < -0.39 is 0 Å². The quantitative estimate of drug-likeness (QED) is 0.871. The summed E-state index contributed by atoms with van der Waals surface area (Å²) in [7, 11) is 2.20. The molecule has 1 aromatic carbocycles. The molecule has 0 saturated carbocycles. The lowest BCUT2D eigenvalue weighted by atomic mass is 9.93. The lowest BCUT2D eigenvalue weighted by molar-refractivity contribution is 0.148. The van der Waals surface area contributed by atoms with E-state index in [0.717, 1.165) is 31.0 Å². The third-order valence-electron chi connectivity index (χ3n) is 4.56. The van der Waals surface area contributed by atoms with Gasteiger partial charge >= 0.3 is 0 Å². The van der Waals surface area contributed by atoms with Crippen molar-refractivity contribution in [3.05, 3.63) is 47.8 Å². The van der Waals surface area contributed by atoms with Crippen LogP contribution in [-0.2, 0) is 12.0 Å². The molecule has 4 nitrogen and oxygen atoms in total. The Kier molecular flexibility index (Phi) is 4.55. The molecule has 2 heterocycles. The van der Waals surface area contributed by atoms with E-state index in [9.17, 15) is 0 Å². The SMILES string of the molecule is CN1CCN(Cc2ccc(-n3ccc(C(C)(C)C)n3)cc2)CC1. The Morgan fingerprint density at radius 1 is 0.957 bits per heavy atom. The summed E-state index contributed by atoms with van der Waals surface area (Å²) >= 11 is 0. The largest absolute Gasteiger partial charge is 0.304 e. The highest BCUT2D eigenvalue weighted by atomic mass is 15.3. The monoisotopic (exact) mass is 312 g/mol. The number of likely N-dealkylation sites (N-methyl/N-ethyl adjacent to an activating group) is 1. The molecule has 0 unspecified atom stereocenters. The van der Waals surface area contributed by atoms with Gasteiger partial charge in [-0.05, 0) is 30.8 Å². The van der Waals surface area contributed by atoms with Gasteiger partial charge in [0, 0.05) is 44.3 Å².